The van der Waals surface area contributed by atoms with E-state index in [-0.39, 0.29) is 17.1 Å². The normalized spacial score (nSPS) is 23.3. The summed E-state index contributed by atoms with van der Waals surface area (Å²) in [6, 6.07) is 4.13. The number of amides is 1. The molecule has 9 heteroatoms. The van der Waals surface area contributed by atoms with Crippen molar-refractivity contribution in [1.82, 2.24) is 30.3 Å². The van der Waals surface area contributed by atoms with Gasteiger partial charge in [0.05, 0.1) is 29.5 Å². The van der Waals surface area contributed by atoms with Crippen molar-refractivity contribution in [3.8, 4) is 0 Å². The van der Waals surface area contributed by atoms with Crippen molar-refractivity contribution in [3.05, 3.63) is 57.3 Å². The molecule has 32 heavy (non-hydrogen) atoms. The molecule has 2 N–H and O–H groups in total. The molecule has 1 amide bonds. The van der Waals surface area contributed by atoms with Gasteiger partial charge >= 0.3 is 0 Å². The van der Waals surface area contributed by atoms with Crippen LogP contribution in [0.3, 0.4) is 0 Å². The van der Waals surface area contributed by atoms with Gasteiger partial charge in [0, 0.05) is 25.0 Å². The number of hydrogen-bond donors (Lipinski definition) is 2. The van der Waals surface area contributed by atoms with Gasteiger partial charge in [-0.05, 0) is 62.1 Å². The van der Waals surface area contributed by atoms with Crippen LogP contribution in [0.15, 0.2) is 18.3 Å². The number of carbonyl (C=O) groups is 1. The molecule has 6 rings (SSSR count). The number of aromatic nitrogens is 5. The highest BCUT2D eigenvalue weighted by Gasteiger charge is 2.45. The Bertz CT molecular complexity index is 1210. The summed E-state index contributed by atoms with van der Waals surface area (Å²) < 4.78 is 1.71. The number of hydrogen-bond acceptors (Lipinski definition) is 5. The molecular formula is C23H26ClN7O. The summed E-state index contributed by atoms with van der Waals surface area (Å²) in [6.45, 7) is 6.79. The Hall–Kier alpha value is -2.87. The molecule has 8 nitrogen and oxygen atoms in total. The summed E-state index contributed by atoms with van der Waals surface area (Å²) in [4.78, 5) is 20.1. The fourth-order valence-corrected chi connectivity index (χ4v) is 5.43. The summed E-state index contributed by atoms with van der Waals surface area (Å²) in [6.07, 6.45) is 4.87. The number of halogens is 1. The van der Waals surface area contributed by atoms with Gasteiger partial charge < -0.3 is 10.2 Å². The van der Waals surface area contributed by atoms with E-state index in [2.05, 4.69) is 37.6 Å². The van der Waals surface area contributed by atoms with Crippen molar-refractivity contribution in [2.75, 3.05) is 18.0 Å². The third kappa shape index (κ3) is 3.37. The third-order valence-electron chi connectivity index (χ3n) is 7.22. The number of carbonyl (C=O) groups excluding carboxylic acids is 1. The summed E-state index contributed by atoms with van der Waals surface area (Å²) in [7, 11) is 0. The van der Waals surface area contributed by atoms with Gasteiger partial charge in [-0.15, -0.1) is 0 Å². The van der Waals surface area contributed by atoms with Crippen molar-refractivity contribution in [1.29, 1.82) is 0 Å². The summed E-state index contributed by atoms with van der Waals surface area (Å²) >= 11 is 6.33. The van der Waals surface area contributed by atoms with Gasteiger partial charge in [0.1, 0.15) is 5.82 Å². The minimum Gasteiger partial charge on any atom is -0.356 e. The lowest BCUT2D eigenvalue weighted by molar-refractivity contribution is 0.0936. The highest BCUT2D eigenvalue weighted by molar-refractivity contribution is 6.32. The van der Waals surface area contributed by atoms with E-state index in [4.69, 9.17) is 16.6 Å². The fraction of sp³-hybridized carbons (Fsp3) is 0.478. The van der Waals surface area contributed by atoms with Gasteiger partial charge in [-0.2, -0.15) is 10.2 Å². The molecule has 3 aromatic heterocycles. The first-order valence-electron chi connectivity index (χ1n) is 11.3. The van der Waals surface area contributed by atoms with E-state index in [1.54, 1.807) is 10.9 Å². The Morgan fingerprint density at radius 1 is 1.25 bits per heavy atom. The largest absolute Gasteiger partial charge is 0.356 e. The molecule has 2 fully saturated rings. The van der Waals surface area contributed by atoms with E-state index < -0.39 is 0 Å². The van der Waals surface area contributed by atoms with E-state index >= 15 is 0 Å². The number of rotatable bonds is 5. The molecule has 3 atom stereocenters. The lowest BCUT2D eigenvalue weighted by atomic mass is 10.2. The molecule has 3 aliphatic rings. The SMILES string of the molecule is Cc1nc(N2CC3CC3C2)ccc1Cn1cc(C(=O)N[C@@H]2CCc3c(C)n[nH]c32)c(Cl)n1. The second kappa shape index (κ2) is 7.33. The standard InChI is InChI=1S/C23H26ClN7O/c1-12-14(3-6-20(25-12)30-8-15-7-16(15)9-30)10-31-11-18(22(24)29-31)23(32)26-19-5-4-17-13(2)27-28-21(17)19/h3,6,11,15-16,19H,4-5,7-10H2,1-2H3,(H,26,32)(H,27,28)/t15?,16?,19-/m1/s1. The Balaban J connectivity index is 1.15. The number of anilines is 1. The van der Waals surface area contributed by atoms with E-state index in [0.717, 1.165) is 66.2 Å². The number of nitrogens with zero attached hydrogens (tertiary/aromatic N) is 5. The van der Waals surface area contributed by atoms with Crippen molar-refractivity contribution >= 4 is 23.3 Å². The predicted molar refractivity (Wildman–Crippen MR) is 121 cm³/mol. The number of aromatic amines is 1. The Labute approximate surface area is 191 Å². The van der Waals surface area contributed by atoms with E-state index in [9.17, 15) is 4.79 Å². The first-order chi connectivity index (χ1) is 15.5. The molecule has 166 valence electrons. The number of piperidine rings is 1. The van der Waals surface area contributed by atoms with Crippen LogP contribution in [0.1, 0.15) is 57.5 Å². The van der Waals surface area contributed by atoms with Crippen LogP contribution in [0, 0.1) is 25.7 Å². The van der Waals surface area contributed by atoms with Gasteiger partial charge in [0.2, 0.25) is 0 Å². The maximum absolute atomic E-state index is 12.9. The number of fused-ring (bicyclic) bond motifs is 2. The zero-order chi connectivity index (χ0) is 22.0. The van der Waals surface area contributed by atoms with Crippen molar-refractivity contribution in [2.24, 2.45) is 11.8 Å². The minimum absolute atomic E-state index is 0.0753. The molecular weight excluding hydrogens is 426 g/mol. The molecule has 4 heterocycles. The van der Waals surface area contributed by atoms with Crippen LogP contribution in [0.4, 0.5) is 5.82 Å². The average molecular weight is 452 g/mol. The van der Waals surface area contributed by atoms with Crippen molar-refractivity contribution < 1.29 is 4.79 Å². The molecule has 1 aliphatic heterocycles. The van der Waals surface area contributed by atoms with Crippen LogP contribution < -0.4 is 10.2 Å². The second-order valence-electron chi connectivity index (χ2n) is 9.37. The van der Waals surface area contributed by atoms with Gasteiger partial charge in [0.25, 0.3) is 5.91 Å². The smallest absolute Gasteiger partial charge is 0.256 e. The van der Waals surface area contributed by atoms with Crippen molar-refractivity contribution in [3.63, 3.8) is 0 Å². The Morgan fingerprint density at radius 3 is 2.84 bits per heavy atom. The van der Waals surface area contributed by atoms with Gasteiger partial charge in [0.15, 0.2) is 5.15 Å². The van der Waals surface area contributed by atoms with Crippen LogP contribution in [0.5, 0.6) is 0 Å². The van der Waals surface area contributed by atoms with Gasteiger partial charge in [-0.25, -0.2) is 4.98 Å². The number of pyridine rings is 1. The Morgan fingerprint density at radius 2 is 2.06 bits per heavy atom. The maximum Gasteiger partial charge on any atom is 0.256 e. The lowest BCUT2D eigenvalue weighted by Crippen LogP contribution is -2.27. The summed E-state index contributed by atoms with van der Waals surface area (Å²) in [5.41, 5.74) is 5.63. The second-order valence-corrected chi connectivity index (χ2v) is 9.73. The highest BCUT2D eigenvalue weighted by atomic mass is 35.5. The molecule has 0 bridgehead atoms. The average Bonchev–Trinajstić information content (AvgIpc) is 3.17. The zero-order valence-electron chi connectivity index (χ0n) is 18.2. The van der Waals surface area contributed by atoms with Crippen LogP contribution in [-0.4, -0.2) is 44.0 Å². The summed E-state index contributed by atoms with van der Waals surface area (Å²) in [5, 5.41) is 15.0. The molecule has 1 saturated carbocycles. The quantitative estimate of drug-likeness (QED) is 0.621. The third-order valence-corrected chi connectivity index (χ3v) is 7.50. The number of aryl methyl sites for hydroxylation is 2. The molecule has 0 radical (unpaired) electrons. The van der Waals surface area contributed by atoms with Crippen LogP contribution in [0.2, 0.25) is 5.15 Å². The maximum atomic E-state index is 12.9. The predicted octanol–water partition coefficient (Wildman–Crippen LogP) is 3.19. The molecule has 3 aromatic rings. The van der Waals surface area contributed by atoms with Crippen molar-refractivity contribution in [2.45, 2.75) is 45.7 Å². The first-order valence-corrected chi connectivity index (χ1v) is 11.6. The van der Waals surface area contributed by atoms with Gasteiger partial charge in [-0.3, -0.25) is 14.6 Å². The fourth-order valence-electron chi connectivity index (χ4n) is 5.20. The minimum atomic E-state index is -0.218. The lowest BCUT2D eigenvalue weighted by Gasteiger charge is -2.20. The van der Waals surface area contributed by atoms with Crippen LogP contribution in [0.25, 0.3) is 0 Å². The summed E-state index contributed by atoms with van der Waals surface area (Å²) in [5.74, 6) is 2.59. The zero-order valence-corrected chi connectivity index (χ0v) is 19.0. The molecule has 0 spiro atoms. The van der Waals surface area contributed by atoms with Crippen LogP contribution in [-0.2, 0) is 13.0 Å². The molecule has 0 aromatic carbocycles. The highest BCUT2D eigenvalue weighted by Crippen LogP contribution is 2.46. The van der Waals surface area contributed by atoms with E-state index in [1.165, 1.54) is 12.0 Å². The number of H-pyrrole nitrogens is 1. The van der Waals surface area contributed by atoms with E-state index in [0.29, 0.717) is 12.1 Å². The topological polar surface area (TPSA) is 91.7 Å². The van der Waals surface area contributed by atoms with Crippen LogP contribution >= 0.6 is 11.6 Å². The first kappa shape index (κ1) is 19.8. The van der Waals surface area contributed by atoms with E-state index in [1.807, 2.05) is 13.8 Å². The Kier molecular flexibility index (Phi) is 4.54. The van der Waals surface area contributed by atoms with Gasteiger partial charge in [-0.1, -0.05) is 17.7 Å². The monoisotopic (exact) mass is 451 g/mol. The number of nitrogens with one attached hydrogen (secondary N) is 2. The molecule has 2 unspecified atom stereocenters. The molecule has 2 aliphatic carbocycles. The molecule has 1 saturated heterocycles.